The minimum atomic E-state index is -0.109. The maximum absolute atomic E-state index is 13.7. The zero-order valence-corrected chi connectivity index (χ0v) is 24.5. The molecule has 2 amide bonds. The Kier molecular flexibility index (Phi) is 12.1. The molecule has 3 rings (SSSR count). The third-order valence-electron chi connectivity index (χ3n) is 6.59. The molecule has 0 atom stereocenters. The molecule has 38 heavy (non-hydrogen) atoms. The number of aryl methyl sites for hydroxylation is 1. The number of aromatic nitrogens is 1. The summed E-state index contributed by atoms with van der Waals surface area (Å²) in [4.78, 5) is 30.8. The maximum Gasteiger partial charge on any atom is 0.254 e. The lowest BCUT2D eigenvalue weighted by atomic mass is 10.1. The molecular weight excluding hydrogens is 542 g/mol. The SMILES string of the molecule is CCCCN(Cc1cccn1Cc1ccc(Br)cc1)C(=O)CN(CCCOCC)C(=O)c1ccccc1C. The van der Waals surface area contributed by atoms with E-state index in [0.717, 1.165) is 35.1 Å². The largest absolute Gasteiger partial charge is 0.382 e. The molecule has 0 saturated heterocycles. The van der Waals surface area contributed by atoms with Crippen LogP contribution < -0.4 is 0 Å². The van der Waals surface area contributed by atoms with E-state index in [4.69, 9.17) is 4.74 Å². The van der Waals surface area contributed by atoms with Crippen LogP contribution in [0.2, 0.25) is 0 Å². The second-order valence-corrected chi connectivity index (χ2v) is 10.4. The van der Waals surface area contributed by atoms with Crippen molar-refractivity contribution in [3.05, 3.63) is 93.7 Å². The number of carbonyl (C=O) groups is 2. The zero-order valence-electron chi connectivity index (χ0n) is 22.9. The van der Waals surface area contributed by atoms with Crippen LogP contribution in [0.4, 0.5) is 0 Å². The highest BCUT2D eigenvalue weighted by Crippen LogP contribution is 2.16. The molecule has 1 aromatic heterocycles. The van der Waals surface area contributed by atoms with Crippen LogP contribution in [-0.4, -0.2) is 59.0 Å². The number of halogens is 1. The number of benzene rings is 2. The first-order valence-corrected chi connectivity index (χ1v) is 14.3. The quantitative estimate of drug-likeness (QED) is 0.198. The smallest absolute Gasteiger partial charge is 0.254 e. The minimum Gasteiger partial charge on any atom is -0.382 e. The summed E-state index contributed by atoms with van der Waals surface area (Å²) in [6.45, 7) is 9.63. The van der Waals surface area contributed by atoms with Crippen LogP contribution in [0, 0.1) is 6.92 Å². The number of rotatable bonds is 15. The van der Waals surface area contributed by atoms with E-state index < -0.39 is 0 Å². The lowest BCUT2D eigenvalue weighted by Gasteiger charge is -2.28. The molecule has 7 heteroatoms. The van der Waals surface area contributed by atoms with Gasteiger partial charge >= 0.3 is 0 Å². The van der Waals surface area contributed by atoms with Gasteiger partial charge in [-0.25, -0.2) is 0 Å². The Morgan fingerprint density at radius 1 is 0.921 bits per heavy atom. The molecule has 0 unspecified atom stereocenters. The highest BCUT2D eigenvalue weighted by molar-refractivity contribution is 9.10. The van der Waals surface area contributed by atoms with Crippen molar-refractivity contribution in [3.63, 3.8) is 0 Å². The third-order valence-corrected chi connectivity index (χ3v) is 7.12. The summed E-state index contributed by atoms with van der Waals surface area (Å²) in [5.74, 6) is -0.143. The van der Waals surface area contributed by atoms with Gasteiger partial charge in [-0.3, -0.25) is 9.59 Å². The van der Waals surface area contributed by atoms with Crippen molar-refractivity contribution < 1.29 is 14.3 Å². The summed E-state index contributed by atoms with van der Waals surface area (Å²) in [5, 5.41) is 0. The van der Waals surface area contributed by atoms with Crippen LogP contribution in [0.1, 0.15) is 60.3 Å². The molecule has 0 aliphatic rings. The van der Waals surface area contributed by atoms with E-state index in [0.29, 0.717) is 44.8 Å². The van der Waals surface area contributed by atoms with Gasteiger partial charge in [0.25, 0.3) is 5.91 Å². The fraction of sp³-hybridized carbons (Fsp3) is 0.419. The number of amides is 2. The average molecular weight is 583 g/mol. The highest BCUT2D eigenvalue weighted by atomic mass is 79.9. The van der Waals surface area contributed by atoms with Crippen LogP contribution in [0.5, 0.6) is 0 Å². The monoisotopic (exact) mass is 581 g/mol. The summed E-state index contributed by atoms with van der Waals surface area (Å²) >= 11 is 3.50. The van der Waals surface area contributed by atoms with Crippen molar-refractivity contribution >= 4 is 27.7 Å². The van der Waals surface area contributed by atoms with E-state index in [9.17, 15) is 9.59 Å². The number of hydrogen-bond donors (Lipinski definition) is 0. The minimum absolute atomic E-state index is 0.0341. The second-order valence-electron chi connectivity index (χ2n) is 9.51. The molecule has 2 aromatic carbocycles. The molecule has 3 aromatic rings. The fourth-order valence-electron chi connectivity index (χ4n) is 4.37. The molecule has 0 N–H and O–H groups in total. The molecule has 0 aliphatic carbocycles. The van der Waals surface area contributed by atoms with Crippen LogP contribution >= 0.6 is 15.9 Å². The summed E-state index contributed by atoms with van der Waals surface area (Å²) in [5.41, 5.74) is 3.82. The first-order chi connectivity index (χ1) is 18.4. The number of carbonyl (C=O) groups excluding carboxylic acids is 2. The molecule has 0 radical (unpaired) electrons. The Bertz CT molecular complexity index is 1160. The molecule has 6 nitrogen and oxygen atoms in total. The maximum atomic E-state index is 13.7. The van der Waals surface area contributed by atoms with Crippen LogP contribution in [0.15, 0.2) is 71.3 Å². The molecule has 0 saturated carbocycles. The molecule has 0 aliphatic heterocycles. The Labute approximate surface area is 235 Å². The van der Waals surface area contributed by atoms with Gasteiger partial charge in [0, 0.05) is 54.8 Å². The lowest BCUT2D eigenvalue weighted by molar-refractivity contribution is -0.132. The van der Waals surface area contributed by atoms with Crippen LogP contribution in [-0.2, 0) is 22.6 Å². The summed E-state index contributed by atoms with van der Waals surface area (Å²) < 4.78 is 8.74. The normalized spacial score (nSPS) is 10.9. The highest BCUT2D eigenvalue weighted by Gasteiger charge is 2.23. The Hall–Kier alpha value is -2.90. The summed E-state index contributed by atoms with van der Waals surface area (Å²) in [6.07, 6.45) is 4.64. The van der Waals surface area contributed by atoms with Gasteiger partial charge < -0.3 is 19.1 Å². The van der Waals surface area contributed by atoms with Crippen molar-refractivity contribution in [2.75, 3.05) is 32.8 Å². The van der Waals surface area contributed by atoms with Crippen molar-refractivity contribution in [3.8, 4) is 0 Å². The van der Waals surface area contributed by atoms with Gasteiger partial charge in [-0.1, -0.05) is 59.6 Å². The standard InChI is InChI=1S/C31H40BrN3O3/c1-4-6-18-34(23-28-12-9-19-33(28)22-26-14-16-27(32)17-15-26)30(36)24-35(20-10-21-38-5-2)31(37)29-13-8-7-11-25(29)3/h7-9,11-17,19H,4-6,10,18,20-24H2,1-3H3. The number of ether oxygens (including phenoxy) is 1. The van der Waals surface area contributed by atoms with Gasteiger partial charge in [0.15, 0.2) is 0 Å². The van der Waals surface area contributed by atoms with Crippen molar-refractivity contribution in [1.29, 1.82) is 0 Å². The van der Waals surface area contributed by atoms with Gasteiger partial charge in [0.05, 0.1) is 6.54 Å². The number of unbranched alkanes of at least 4 members (excludes halogenated alkanes) is 1. The van der Waals surface area contributed by atoms with Gasteiger partial charge in [-0.15, -0.1) is 0 Å². The predicted octanol–water partition coefficient (Wildman–Crippen LogP) is 6.31. The molecular formula is C31H40BrN3O3. The van der Waals surface area contributed by atoms with Crippen molar-refractivity contribution in [2.24, 2.45) is 0 Å². The van der Waals surface area contributed by atoms with E-state index in [1.165, 1.54) is 5.56 Å². The van der Waals surface area contributed by atoms with Gasteiger partial charge in [-0.05, 0) is 68.1 Å². The Morgan fingerprint density at radius 2 is 1.66 bits per heavy atom. The summed E-state index contributed by atoms with van der Waals surface area (Å²) in [6, 6.07) is 19.9. The molecule has 0 fully saturated rings. The molecule has 0 spiro atoms. The van der Waals surface area contributed by atoms with Crippen molar-refractivity contribution in [1.82, 2.24) is 14.4 Å². The topological polar surface area (TPSA) is 54.8 Å². The van der Waals surface area contributed by atoms with Crippen molar-refractivity contribution in [2.45, 2.75) is 53.1 Å². The Morgan fingerprint density at radius 3 is 2.37 bits per heavy atom. The molecule has 0 bridgehead atoms. The van der Waals surface area contributed by atoms with Gasteiger partial charge in [0.2, 0.25) is 5.91 Å². The first kappa shape index (κ1) is 29.7. The number of nitrogens with zero attached hydrogens (tertiary/aromatic N) is 3. The van der Waals surface area contributed by atoms with Gasteiger partial charge in [0.1, 0.15) is 6.54 Å². The second kappa shape index (κ2) is 15.5. The molecule has 204 valence electrons. The van der Waals surface area contributed by atoms with Crippen LogP contribution in [0.25, 0.3) is 0 Å². The van der Waals surface area contributed by atoms with E-state index in [1.807, 2.05) is 61.2 Å². The predicted molar refractivity (Wildman–Crippen MR) is 156 cm³/mol. The van der Waals surface area contributed by atoms with Gasteiger partial charge in [-0.2, -0.15) is 0 Å². The lowest BCUT2D eigenvalue weighted by Crippen LogP contribution is -2.44. The van der Waals surface area contributed by atoms with E-state index in [2.05, 4.69) is 51.8 Å². The molecule has 1 heterocycles. The summed E-state index contributed by atoms with van der Waals surface area (Å²) in [7, 11) is 0. The van der Waals surface area contributed by atoms with E-state index in [1.54, 1.807) is 4.90 Å². The first-order valence-electron chi connectivity index (χ1n) is 13.5. The third kappa shape index (κ3) is 8.84. The van der Waals surface area contributed by atoms with Crippen LogP contribution in [0.3, 0.4) is 0 Å². The zero-order chi connectivity index (χ0) is 27.3. The average Bonchev–Trinajstić information content (AvgIpc) is 3.35. The van der Waals surface area contributed by atoms with E-state index in [-0.39, 0.29) is 18.4 Å². The number of hydrogen-bond acceptors (Lipinski definition) is 3. The van der Waals surface area contributed by atoms with E-state index >= 15 is 0 Å². The fourth-order valence-corrected chi connectivity index (χ4v) is 4.64. The Balaban J connectivity index is 1.76.